The second kappa shape index (κ2) is 5.46. The number of hydrogen-bond donors (Lipinski definition) is 1. The maximum Gasteiger partial charge on any atom is 0.335 e. The van der Waals surface area contributed by atoms with Gasteiger partial charge in [-0.3, -0.25) is 14.6 Å². The molecule has 1 N–H and O–H groups in total. The van der Waals surface area contributed by atoms with Crippen LogP contribution in [0.15, 0.2) is 36.8 Å². The van der Waals surface area contributed by atoms with Crippen molar-refractivity contribution in [2.45, 2.75) is 25.8 Å². The zero-order valence-corrected chi connectivity index (χ0v) is 12.5. The topological polar surface area (TPSA) is 80.9 Å². The third kappa shape index (κ3) is 2.56. The van der Waals surface area contributed by atoms with Crippen molar-refractivity contribution < 1.29 is 9.90 Å². The van der Waals surface area contributed by atoms with Gasteiger partial charge < -0.3 is 5.11 Å². The van der Waals surface area contributed by atoms with Crippen LogP contribution in [0.1, 0.15) is 29.6 Å². The Labute approximate surface area is 132 Å². The minimum Gasteiger partial charge on any atom is -0.478 e. The number of carboxylic acids is 1. The lowest BCUT2D eigenvalue weighted by Crippen LogP contribution is -2.18. The molecule has 0 atom stereocenters. The summed E-state index contributed by atoms with van der Waals surface area (Å²) in [7, 11) is 0. The molecule has 0 radical (unpaired) electrons. The molecule has 6 heteroatoms. The number of rotatable bonds is 4. The minimum absolute atomic E-state index is 0.206. The van der Waals surface area contributed by atoms with Gasteiger partial charge in [0.25, 0.3) is 0 Å². The van der Waals surface area contributed by atoms with Gasteiger partial charge in [0, 0.05) is 18.1 Å². The Morgan fingerprint density at radius 3 is 2.78 bits per heavy atom. The molecular weight excluding hydrogens is 292 g/mol. The summed E-state index contributed by atoms with van der Waals surface area (Å²) in [6.45, 7) is 0.942. The van der Waals surface area contributed by atoms with Crippen LogP contribution in [0.2, 0.25) is 0 Å². The highest BCUT2D eigenvalue weighted by molar-refractivity contribution is 5.89. The van der Waals surface area contributed by atoms with Gasteiger partial charge >= 0.3 is 5.97 Å². The van der Waals surface area contributed by atoms with E-state index in [1.165, 1.54) is 37.6 Å². The number of aromatic nitrogens is 4. The van der Waals surface area contributed by atoms with Crippen LogP contribution in [0.5, 0.6) is 0 Å². The molecule has 1 aliphatic carbocycles. The number of pyridine rings is 2. The van der Waals surface area contributed by atoms with Gasteiger partial charge in [0.05, 0.1) is 34.9 Å². The number of hydrogen-bond acceptors (Lipinski definition) is 4. The summed E-state index contributed by atoms with van der Waals surface area (Å²) in [6, 6.07) is 4.92. The molecule has 23 heavy (non-hydrogen) atoms. The van der Waals surface area contributed by atoms with E-state index in [2.05, 4.69) is 15.1 Å². The van der Waals surface area contributed by atoms with Crippen LogP contribution in [0, 0.1) is 5.92 Å². The van der Waals surface area contributed by atoms with E-state index in [-0.39, 0.29) is 5.56 Å². The Morgan fingerprint density at radius 2 is 2.04 bits per heavy atom. The lowest BCUT2D eigenvalue weighted by molar-refractivity contribution is 0.0697. The first-order valence-corrected chi connectivity index (χ1v) is 7.72. The van der Waals surface area contributed by atoms with Gasteiger partial charge in [-0.2, -0.15) is 5.10 Å². The number of carbonyl (C=O) groups is 1. The average Bonchev–Trinajstić information content (AvgIpc) is 2.93. The zero-order chi connectivity index (χ0) is 15.8. The summed E-state index contributed by atoms with van der Waals surface area (Å²) in [5.74, 6) is -0.241. The highest BCUT2D eigenvalue weighted by Gasteiger charge is 2.19. The molecule has 0 bridgehead atoms. The Bertz CT molecular complexity index is 883. The first-order chi connectivity index (χ1) is 11.2. The Balaban J connectivity index is 1.69. The molecule has 0 aromatic carbocycles. The SMILES string of the molecule is O=C(O)c1ccnc(-c2cc3cnn(CC4CCC4)c3cn2)c1. The average molecular weight is 308 g/mol. The fraction of sp³-hybridized carbons (Fsp3) is 0.294. The quantitative estimate of drug-likeness (QED) is 0.801. The third-order valence-electron chi connectivity index (χ3n) is 4.45. The molecule has 4 rings (SSSR count). The number of carboxylic acid groups (broad SMARTS) is 1. The Morgan fingerprint density at radius 1 is 1.22 bits per heavy atom. The van der Waals surface area contributed by atoms with Crippen LogP contribution in [-0.4, -0.2) is 30.8 Å². The van der Waals surface area contributed by atoms with Crippen molar-refractivity contribution in [1.29, 1.82) is 0 Å². The van der Waals surface area contributed by atoms with Gasteiger partial charge in [0.2, 0.25) is 0 Å². The molecule has 0 aliphatic heterocycles. The van der Waals surface area contributed by atoms with Crippen molar-refractivity contribution in [1.82, 2.24) is 19.7 Å². The van der Waals surface area contributed by atoms with Crippen molar-refractivity contribution in [3.05, 3.63) is 42.4 Å². The normalized spacial score (nSPS) is 14.8. The number of nitrogens with zero attached hydrogens (tertiary/aromatic N) is 4. The molecule has 0 saturated heterocycles. The van der Waals surface area contributed by atoms with E-state index >= 15 is 0 Å². The van der Waals surface area contributed by atoms with Crippen molar-refractivity contribution in [2.24, 2.45) is 5.92 Å². The largest absolute Gasteiger partial charge is 0.478 e. The van der Waals surface area contributed by atoms with Gasteiger partial charge in [-0.25, -0.2) is 4.79 Å². The van der Waals surface area contributed by atoms with Gasteiger partial charge in [0.1, 0.15) is 0 Å². The summed E-state index contributed by atoms with van der Waals surface area (Å²) >= 11 is 0. The summed E-state index contributed by atoms with van der Waals surface area (Å²) in [5, 5.41) is 14.5. The lowest BCUT2D eigenvalue weighted by Gasteiger charge is -2.25. The van der Waals surface area contributed by atoms with Crippen molar-refractivity contribution in [2.75, 3.05) is 0 Å². The molecule has 3 heterocycles. The van der Waals surface area contributed by atoms with Gasteiger partial charge in [-0.1, -0.05) is 6.42 Å². The highest BCUT2D eigenvalue weighted by Crippen LogP contribution is 2.29. The van der Waals surface area contributed by atoms with Crippen molar-refractivity contribution >= 4 is 16.9 Å². The van der Waals surface area contributed by atoms with Crippen LogP contribution >= 0.6 is 0 Å². The highest BCUT2D eigenvalue weighted by atomic mass is 16.4. The molecule has 1 aliphatic rings. The lowest BCUT2D eigenvalue weighted by atomic mass is 9.85. The summed E-state index contributed by atoms with van der Waals surface area (Å²) in [4.78, 5) is 19.7. The Hall–Kier alpha value is -2.76. The van der Waals surface area contributed by atoms with Crippen LogP contribution in [-0.2, 0) is 6.54 Å². The molecule has 0 spiro atoms. The second-order valence-electron chi connectivity index (χ2n) is 5.99. The van der Waals surface area contributed by atoms with Gasteiger partial charge in [-0.05, 0) is 37.0 Å². The van der Waals surface area contributed by atoms with Crippen molar-refractivity contribution in [3.8, 4) is 11.4 Å². The van der Waals surface area contributed by atoms with Crippen LogP contribution in [0.25, 0.3) is 22.3 Å². The van der Waals surface area contributed by atoms with E-state index in [1.54, 1.807) is 6.20 Å². The summed E-state index contributed by atoms with van der Waals surface area (Å²) < 4.78 is 2.01. The van der Waals surface area contributed by atoms with E-state index in [9.17, 15) is 4.79 Å². The molecule has 116 valence electrons. The standard InChI is InChI=1S/C17H16N4O2/c22-17(23)12-4-5-18-14(6-12)15-7-13-8-20-21(16(13)9-19-15)10-11-2-1-3-11/h4-9,11H,1-3,10H2,(H,22,23). The monoisotopic (exact) mass is 308 g/mol. The zero-order valence-electron chi connectivity index (χ0n) is 12.5. The molecule has 0 amide bonds. The second-order valence-corrected chi connectivity index (χ2v) is 5.99. The van der Waals surface area contributed by atoms with E-state index in [4.69, 9.17) is 5.11 Å². The molecule has 1 fully saturated rings. The molecule has 3 aromatic rings. The molecule has 3 aromatic heterocycles. The van der Waals surface area contributed by atoms with Gasteiger partial charge in [0.15, 0.2) is 0 Å². The summed E-state index contributed by atoms with van der Waals surface area (Å²) in [6.07, 6.45) is 8.99. The molecule has 6 nitrogen and oxygen atoms in total. The van der Waals surface area contributed by atoms with E-state index < -0.39 is 5.97 Å². The maximum atomic E-state index is 11.1. The molecular formula is C17H16N4O2. The predicted molar refractivity (Wildman–Crippen MR) is 85.1 cm³/mol. The van der Waals surface area contributed by atoms with E-state index in [0.29, 0.717) is 11.4 Å². The van der Waals surface area contributed by atoms with Crippen LogP contribution in [0.3, 0.4) is 0 Å². The van der Waals surface area contributed by atoms with Crippen molar-refractivity contribution in [3.63, 3.8) is 0 Å². The first-order valence-electron chi connectivity index (χ1n) is 7.72. The fourth-order valence-electron chi connectivity index (χ4n) is 2.89. The predicted octanol–water partition coefficient (Wildman–Crippen LogP) is 2.99. The van der Waals surface area contributed by atoms with Crippen LogP contribution < -0.4 is 0 Å². The van der Waals surface area contributed by atoms with Gasteiger partial charge in [-0.15, -0.1) is 0 Å². The third-order valence-corrected chi connectivity index (χ3v) is 4.45. The van der Waals surface area contributed by atoms with E-state index in [0.717, 1.165) is 23.4 Å². The number of aromatic carboxylic acids is 1. The minimum atomic E-state index is -0.969. The molecule has 0 unspecified atom stereocenters. The smallest absolute Gasteiger partial charge is 0.335 e. The first kappa shape index (κ1) is 13.9. The van der Waals surface area contributed by atoms with Crippen LogP contribution in [0.4, 0.5) is 0 Å². The van der Waals surface area contributed by atoms with E-state index in [1.807, 2.05) is 16.9 Å². The Kier molecular flexibility index (Phi) is 3.29. The number of fused-ring (bicyclic) bond motifs is 1. The fourth-order valence-corrected chi connectivity index (χ4v) is 2.89. The summed E-state index contributed by atoms with van der Waals surface area (Å²) in [5.41, 5.74) is 2.43. The maximum absolute atomic E-state index is 11.1. The molecule has 1 saturated carbocycles.